The first-order valence-corrected chi connectivity index (χ1v) is 11.5. The van der Waals surface area contributed by atoms with E-state index in [9.17, 15) is 14.4 Å². The topological polar surface area (TPSA) is 97.0 Å². The van der Waals surface area contributed by atoms with Crippen LogP contribution in [0.4, 0.5) is 0 Å². The number of nitrogens with zero attached hydrogens (tertiary/aromatic N) is 1. The zero-order valence-electron chi connectivity index (χ0n) is 20.0. The molecule has 1 atom stereocenters. The molecule has 2 aromatic carbocycles. The summed E-state index contributed by atoms with van der Waals surface area (Å²) in [6.07, 6.45) is 1.23. The van der Waals surface area contributed by atoms with Crippen LogP contribution in [0.3, 0.4) is 0 Å². The summed E-state index contributed by atoms with van der Waals surface area (Å²) in [6.45, 7) is 3.77. The van der Waals surface area contributed by atoms with Crippen molar-refractivity contribution in [3.63, 3.8) is 0 Å². The van der Waals surface area contributed by atoms with Gasteiger partial charge in [-0.05, 0) is 62.1 Å². The monoisotopic (exact) mass is 467 g/mol. The van der Waals surface area contributed by atoms with Crippen molar-refractivity contribution in [1.29, 1.82) is 0 Å². The van der Waals surface area contributed by atoms with Gasteiger partial charge in [0.25, 0.3) is 11.8 Å². The Hall–Kier alpha value is -3.39. The van der Waals surface area contributed by atoms with Gasteiger partial charge in [-0.15, -0.1) is 0 Å². The summed E-state index contributed by atoms with van der Waals surface area (Å²) in [4.78, 5) is 40.5. The molecule has 8 heteroatoms. The maximum absolute atomic E-state index is 13.0. The largest absolute Gasteiger partial charge is 0.497 e. The van der Waals surface area contributed by atoms with Crippen LogP contribution in [0.2, 0.25) is 0 Å². The van der Waals surface area contributed by atoms with Crippen molar-refractivity contribution in [1.82, 2.24) is 15.5 Å². The van der Waals surface area contributed by atoms with Crippen LogP contribution >= 0.6 is 0 Å². The van der Waals surface area contributed by atoms with Crippen LogP contribution in [0.25, 0.3) is 0 Å². The van der Waals surface area contributed by atoms with Gasteiger partial charge in [0.2, 0.25) is 5.91 Å². The van der Waals surface area contributed by atoms with E-state index >= 15 is 0 Å². The van der Waals surface area contributed by atoms with Crippen molar-refractivity contribution in [2.75, 3.05) is 40.5 Å². The van der Waals surface area contributed by atoms with Crippen LogP contribution in [0, 0.1) is 12.8 Å². The van der Waals surface area contributed by atoms with Gasteiger partial charge in [-0.25, -0.2) is 0 Å². The Balaban J connectivity index is 1.66. The second-order valence-corrected chi connectivity index (χ2v) is 8.46. The number of carbonyl (C=O) groups excluding carboxylic acids is 3. The van der Waals surface area contributed by atoms with E-state index in [1.54, 1.807) is 38.5 Å². The third kappa shape index (κ3) is 6.57. The number of hydrogen-bond donors (Lipinski definition) is 2. The molecule has 0 aliphatic carbocycles. The number of amides is 3. The molecule has 1 fully saturated rings. The maximum atomic E-state index is 13.0. The van der Waals surface area contributed by atoms with Crippen LogP contribution in [0.5, 0.6) is 5.75 Å². The Labute approximate surface area is 200 Å². The number of rotatable bonds is 9. The Kier molecular flexibility index (Phi) is 9.04. The molecule has 0 aromatic heterocycles. The van der Waals surface area contributed by atoms with Crippen molar-refractivity contribution in [3.05, 3.63) is 65.2 Å². The Bertz CT molecular complexity index is 967. The summed E-state index contributed by atoms with van der Waals surface area (Å²) in [5.74, 6) is -0.0282. The fraction of sp³-hybridized carbons (Fsp3) is 0.423. The molecule has 1 aliphatic rings. The van der Waals surface area contributed by atoms with Crippen LogP contribution in [0.1, 0.15) is 39.1 Å². The van der Waals surface area contributed by atoms with Gasteiger partial charge in [0.05, 0.1) is 13.7 Å². The van der Waals surface area contributed by atoms with Gasteiger partial charge in [-0.3, -0.25) is 14.4 Å². The molecular formula is C26H33N3O5. The Morgan fingerprint density at radius 1 is 0.971 bits per heavy atom. The molecule has 3 rings (SSSR count). The predicted octanol–water partition coefficient (Wildman–Crippen LogP) is 2.42. The highest BCUT2D eigenvalue weighted by Crippen LogP contribution is 2.23. The van der Waals surface area contributed by atoms with Gasteiger partial charge >= 0.3 is 0 Å². The molecule has 1 aliphatic heterocycles. The lowest BCUT2D eigenvalue weighted by atomic mass is 9.88. The number of nitrogens with one attached hydrogen (secondary N) is 2. The normalized spacial score (nSPS) is 14.9. The van der Waals surface area contributed by atoms with E-state index in [4.69, 9.17) is 9.47 Å². The Morgan fingerprint density at radius 2 is 1.59 bits per heavy atom. The van der Waals surface area contributed by atoms with Crippen molar-refractivity contribution < 1.29 is 23.9 Å². The number of methoxy groups -OCH3 is 2. The maximum Gasteiger partial charge on any atom is 0.253 e. The van der Waals surface area contributed by atoms with E-state index in [0.29, 0.717) is 56.0 Å². The highest BCUT2D eigenvalue weighted by Gasteiger charge is 2.34. The number of hydrogen-bond acceptors (Lipinski definition) is 5. The van der Waals surface area contributed by atoms with Gasteiger partial charge in [-0.1, -0.05) is 17.7 Å². The summed E-state index contributed by atoms with van der Waals surface area (Å²) in [6, 6.07) is 13.6. The quantitative estimate of drug-likeness (QED) is 0.552. The molecule has 3 amide bonds. The summed E-state index contributed by atoms with van der Waals surface area (Å²) in [5.41, 5.74) is 2.21. The van der Waals surface area contributed by atoms with Gasteiger partial charge in [0, 0.05) is 37.9 Å². The molecule has 0 saturated carbocycles. The Morgan fingerprint density at radius 3 is 2.18 bits per heavy atom. The molecule has 2 N–H and O–H groups in total. The van der Waals surface area contributed by atoms with E-state index in [-0.39, 0.29) is 23.6 Å². The van der Waals surface area contributed by atoms with Crippen LogP contribution in [0.15, 0.2) is 48.5 Å². The average Bonchev–Trinajstić information content (AvgIpc) is 2.87. The van der Waals surface area contributed by atoms with Crippen LogP contribution in [-0.4, -0.2) is 69.1 Å². The van der Waals surface area contributed by atoms with E-state index in [2.05, 4.69) is 10.6 Å². The van der Waals surface area contributed by atoms with Crippen molar-refractivity contribution in [2.45, 2.75) is 25.8 Å². The molecule has 182 valence electrons. The molecule has 0 radical (unpaired) electrons. The third-order valence-corrected chi connectivity index (χ3v) is 6.12. The highest BCUT2D eigenvalue weighted by atomic mass is 16.5. The second kappa shape index (κ2) is 12.2. The highest BCUT2D eigenvalue weighted by molar-refractivity contribution is 5.98. The summed E-state index contributed by atoms with van der Waals surface area (Å²) >= 11 is 0. The number of likely N-dealkylation sites (tertiary alicyclic amines) is 1. The number of aryl methyl sites for hydroxylation is 1. The van der Waals surface area contributed by atoms with Crippen molar-refractivity contribution in [3.8, 4) is 5.75 Å². The zero-order valence-corrected chi connectivity index (χ0v) is 20.0. The number of piperidine rings is 1. The van der Waals surface area contributed by atoms with Gasteiger partial charge in [-0.2, -0.15) is 0 Å². The first-order valence-electron chi connectivity index (χ1n) is 11.5. The summed E-state index contributed by atoms with van der Waals surface area (Å²) in [5, 5.41) is 5.76. The third-order valence-electron chi connectivity index (χ3n) is 6.12. The van der Waals surface area contributed by atoms with E-state index in [0.717, 1.165) is 5.56 Å². The molecule has 1 unspecified atom stereocenters. The first kappa shape index (κ1) is 25.2. The lowest BCUT2D eigenvalue weighted by molar-refractivity contribution is -0.124. The van der Waals surface area contributed by atoms with Gasteiger partial charge in [0.15, 0.2) is 0 Å². The molecule has 2 aromatic rings. The zero-order chi connectivity index (χ0) is 24.5. The lowest BCUT2D eigenvalue weighted by Gasteiger charge is -2.36. The fourth-order valence-corrected chi connectivity index (χ4v) is 4.07. The molecule has 8 nitrogen and oxygen atoms in total. The molecule has 0 bridgehead atoms. The molecule has 34 heavy (non-hydrogen) atoms. The van der Waals surface area contributed by atoms with Gasteiger partial charge in [0.1, 0.15) is 11.8 Å². The minimum absolute atomic E-state index is 0.0122. The van der Waals surface area contributed by atoms with E-state index in [1.807, 2.05) is 36.1 Å². The standard InChI is InChI=1S/C26H33N3O5/c1-18-4-6-21(7-5-18)26(32)29-15-12-19(13-16-29)23(25(31)27-14-17-33-2)28-24(30)20-8-10-22(34-3)11-9-20/h4-11,19,23H,12-17H2,1-3H3,(H,27,31)(H,28,30). The molecular weight excluding hydrogens is 434 g/mol. The van der Waals surface area contributed by atoms with Crippen molar-refractivity contribution >= 4 is 17.7 Å². The number of carbonyl (C=O) groups is 3. The minimum Gasteiger partial charge on any atom is -0.497 e. The fourth-order valence-electron chi connectivity index (χ4n) is 4.07. The molecule has 1 heterocycles. The van der Waals surface area contributed by atoms with Gasteiger partial charge < -0.3 is 25.0 Å². The first-order chi connectivity index (χ1) is 16.4. The van der Waals surface area contributed by atoms with Crippen LogP contribution < -0.4 is 15.4 Å². The average molecular weight is 468 g/mol. The van der Waals surface area contributed by atoms with Crippen molar-refractivity contribution in [2.24, 2.45) is 5.92 Å². The van der Waals surface area contributed by atoms with Crippen LogP contribution in [-0.2, 0) is 9.53 Å². The molecule has 1 saturated heterocycles. The minimum atomic E-state index is -0.705. The summed E-state index contributed by atoms with van der Waals surface area (Å²) in [7, 11) is 3.13. The summed E-state index contributed by atoms with van der Waals surface area (Å²) < 4.78 is 10.2. The lowest BCUT2D eigenvalue weighted by Crippen LogP contribution is -2.54. The number of benzene rings is 2. The second-order valence-electron chi connectivity index (χ2n) is 8.46. The smallest absolute Gasteiger partial charge is 0.253 e. The van der Waals surface area contributed by atoms with E-state index < -0.39 is 6.04 Å². The van der Waals surface area contributed by atoms with E-state index in [1.165, 1.54) is 0 Å². The SMILES string of the molecule is COCCNC(=O)C(NC(=O)c1ccc(OC)cc1)C1CCN(C(=O)c2ccc(C)cc2)CC1. The molecule has 0 spiro atoms. The number of ether oxygens (including phenoxy) is 2. The predicted molar refractivity (Wildman–Crippen MR) is 129 cm³/mol.